The molecule has 1 aliphatic rings. The summed E-state index contributed by atoms with van der Waals surface area (Å²) in [5.41, 5.74) is 0.618. The first-order valence-electron chi connectivity index (χ1n) is 7.15. The number of carbonyl (C=O) groups excluding carboxylic acids is 2. The Morgan fingerprint density at radius 2 is 2.17 bits per heavy atom. The van der Waals surface area contributed by atoms with E-state index < -0.39 is 5.97 Å². The highest BCUT2D eigenvalue weighted by molar-refractivity contribution is 8.26. The van der Waals surface area contributed by atoms with Crippen LogP contribution < -0.4 is 9.47 Å². The Morgan fingerprint density at radius 1 is 1.42 bits per heavy atom. The van der Waals surface area contributed by atoms with Crippen LogP contribution in [0.4, 0.5) is 0 Å². The number of carbonyl (C=O) groups is 2. The Bertz CT molecular complexity index is 702. The van der Waals surface area contributed by atoms with Crippen LogP contribution >= 0.6 is 24.0 Å². The monoisotopic (exact) mass is 367 g/mol. The van der Waals surface area contributed by atoms with Crippen molar-refractivity contribution in [2.45, 2.75) is 6.92 Å². The number of hydrogen-bond acceptors (Lipinski definition) is 7. The maximum Gasteiger partial charge on any atom is 0.344 e. The zero-order chi connectivity index (χ0) is 17.7. The lowest BCUT2D eigenvalue weighted by Gasteiger charge is -2.13. The number of hydrogen-bond donors (Lipinski definition) is 0. The fourth-order valence-corrected chi connectivity index (χ4v) is 3.15. The first kappa shape index (κ1) is 18.3. The molecule has 0 saturated carbocycles. The van der Waals surface area contributed by atoms with Crippen LogP contribution in [0.5, 0.6) is 11.5 Å². The van der Waals surface area contributed by atoms with Gasteiger partial charge in [0.15, 0.2) is 18.1 Å². The molecular weight excluding hydrogens is 350 g/mol. The van der Waals surface area contributed by atoms with Gasteiger partial charge in [0.1, 0.15) is 4.32 Å². The van der Waals surface area contributed by atoms with Crippen molar-refractivity contribution >= 4 is 46.3 Å². The summed E-state index contributed by atoms with van der Waals surface area (Å²) in [5, 5.41) is 0. The topological polar surface area (TPSA) is 65.1 Å². The number of thioether (sulfide) groups is 1. The van der Waals surface area contributed by atoms with Crippen molar-refractivity contribution in [3.05, 3.63) is 28.7 Å². The van der Waals surface area contributed by atoms with Crippen LogP contribution in [-0.2, 0) is 14.3 Å². The smallest absolute Gasteiger partial charge is 0.344 e. The molecule has 1 fully saturated rings. The quantitative estimate of drug-likeness (QED) is 0.435. The van der Waals surface area contributed by atoms with E-state index in [9.17, 15) is 9.59 Å². The van der Waals surface area contributed by atoms with Gasteiger partial charge in [-0.25, -0.2) is 4.79 Å². The van der Waals surface area contributed by atoms with Crippen molar-refractivity contribution in [2.24, 2.45) is 0 Å². The Morgan fingerprint density at radius 3 is 2.75 bits per heavy atom. The predicted octanol–water partition coefficient (Wildman–Crippen LogP) is 2.47. The van der Waals surface area contributed by atoms with E-state index in [1.54, 1.807) is 38.2 Å². The van der Waals surface area contributed by atoms with E-state index in [1.807, 2.05) is 0 Å². The predicted molar refractivity (Wildman–Crippen MR) is 96.1 cm³/mol. The van der Waals surface area contributed by atoms with Crippen molar-refractivity contribution in [3.63, 3.8) is 0 Å². The van der Waals surface area contributed by atoms with Gasteiger partial charge in [-0.1, -0.05) is 36.1 Å². The number of methoxy groups -OCH3 is 1. The minimum absolute atomic E-state index is 0.177. The number of amides is 1. The Kier molecular flexibility index (Phi) is 6.22. The van der Waals surface area contributed by atoms with E-state index in [4.69, 9.17) is 26.4 Å². The number of para-hydroxylation sites is 1. The molecule has 1 heterocycles. The molecule has 0 aromatic heterocycles. The molecule has 0 aliphatic carbocycles. The summed E-state index contributed by atoms with van der Waals surface area (Å²) in [6.07, 6.45) is 1.67. The lowest BCUT2D eigenvalue weighted by molar-refractivity contribution is -0.145. The number of rotatable bonds is 6. The standard InChI is InChI=1S/C16H17NO5S2/c1-4-21-13(18)9-22-14-10(6-5-7-11(14)20-3)8-12-15(19)17(2)16(23)24-12/h5-8H,4,9H2,1-3H3/b12-8+. The number of benzene rings is 1. The van der Waals surface area contributed by atoms with Crippen LogP contribution in [0.3, 0.4) is 0 Å². The molecule has 6 nitrogen and oxygen atoms in total. The van der Waals surface area contributed by atoms with E-state index in [1.165, 1.54) is 23.8 Å². The van der Waals surface area contributed by atoms with E-state index in [2.05, 4.69) is 0 Å². The first-order valence-corrected chi connectivity index (χ1v) is 8.37. The largest absolute Gasteiger partial charge is 0.493 e. The van der Waals surface area contributed by atoms with E-state index in [0.29, 0.717) is 26.3 Å². The maximum atomic E-state index is 12.1. The third-order valence-electron chi connectivity index (χ3n) is 3.14. The van der Waals surface area contributed by atoms with Crippen LogP contribution in [0.1, 0.15) is 12.5 Å². The van der Waals surface area contributed by atoms with Gasteiger partial charge in [-0.05, 0) is 19.1 Å². The molecule has 1 saturated heterocycles. The molecular formula is C16H17NO5S2. The molecule has 2 rings (SSSR count). The third-order valence-corrected chi connectivity index (χ3v) is 4.63. The zero-order valence-corrected chi connectivity index (χ0v) is 15.2. The second-order valence-corrected chi connectivity index (χ2v) is 6.39. The number of ether oxygens (including phenoxy) is 3. The fraction of sp³-hybridized carbons (Fsp3) is 0.312. The van der Waals surface area contributed by atoms with E-state index >= 15 is 0 Å². The Balaban J connectivity index is 2.31. The van der Waals surface area contributed by atoms with Crippen LogP contribution in [0, 0.1) is 0 Å². The summed E-state index contributed by atoms with van der Waals surface area (Å²) < 4.78 is 16.2. The Labute approximate surface area is 149 Å². The van der Waals surface area contributed by atoms with Crippen LogP contribution in [0.25, 0.3) is 6.08 Å². The maximum absolute atomic E-state index is 12.1. The van der Waals surface area contributed by atoms with Gasteiger partial charge in [-0.15, -0.1) is 0 Å². The summed E-state index contributed by atoms with van der Waals surface area (Å²) in [5.74, 6) is 0.174. The molecule has 0 unspecified atom stereocenters. The Hall–Kier alpha value is -2.06. The highest BCUT2D eigenvalue weighted by Crippen LogP contribution is 2.37. The summed E-state index contributed by atoms with van der Waals surface area (Å²) in [7, 11) is 3.13. The molecule has 1 aromatic rings. The minimum Gasteiger partial charge on any atom is -0.493 e. The fourth-order valence-electron chi connectivity index (χ4n) is 1.98. The highest BCUT2D eigenvalue weighted by Gasteiger charge is 2.29. The number of nitrogens with zero attached hydrogens (tertiary/aromatic N) is 1. The summed E-state index contributed by atoms with van der Waals surface area (Å²) in [4.78, 5) is 25.6. The number of likely N-dealkylation sites (N-methyl/N-ethyl adjacent to an activating group) is 1. The van der Waals surface area contributed by atoms with Crippen molar-refractivity contribution in [1.29, 1.82) is 0 Å². The lowest BCUT2D eigenvalue weighted by atomic mass is 10.1. The van der Waals surface area contributed by atoms with Gasteiger partial charge in [0.2, 0.25) is 0 Å². The third kappa shape index (κ3) is 4.07. The normalized spacial score (nSPS) is 15.8. The average Bonchev–Trinajstić information content (AvgIpc) is 2.80. The number of thiocarbonyl (C=S) groups is 1. The first-order chi connectivity index (χ1) is 11.5. The molecule has 1 aromatic carbocycles. The summed E-state index contributed by atoms with van der Waals surface area (Å²) >= 11 is 6.33. The number of esters is 1. The molecule has 0 N–H and O–H groups in total. The molecule has 0 spiro atoms. The van der Waals surface area contributed by atoms with Crippen molar-refractivity contribution in [3.8, 4) is 11.5 Å². The van der Waals surface area contributed by atoms with Crippen LogP contribution in [0.2, 0.25) is 0 Å². The van der Waals surface area contributed by atoms with Gasteiger partial charge in [-0.2, -0.15) is 0 Å². The van der Waals surface area contributed by atoms with E-state index in [-0.39, 0.29) is 19.1 Å². The van der Waals surface area contributed by atoms with E-state index in [0.717, 1.165) is 0 Å². The molecule has 24 heavy (non-hydrogen) atoms. The van der Waals surface area contributed by atoms with Crippen molar-refractivity contribution < 1.29 is 23.8 Å². The SMILES string of the molecule is CCOC(=O)COc1c(/C=C2/SC(=S)N(C)C2=O)cccc1OC. The zero-order valence-electron chi connectivity index (χ0n) is 13.5. The van der Waals surface area contributed by atoms with Gasteiger partial charge in [0.25, 0.3) is 5.91 Å². The second kappa shape index (κ2) is 8.16. The summed E-state index contributed by atoms with van der Waals surface area (Å²) in [6, 6.07) is 5.25. The molecule has 8 heteroatoms. The molecule has 0 atom stereocenters. The van der Waals surface area contributed by atoms with Gasteiger partial charge in [0.05, 0.1) is 18.6 Å². The average molecular weight is 367 g/mol. The minimum atomic E-state index is -0.478. The highest BCUT2D eigenvalue weighted by atomic mass is 32.2. The van der Waals surface area contributed by atoms with Gasteiger partial charge in [0, 0.05) is 12.6 Å². The molecule has 0 radical (unpaired) electrons. The van der Waals surface area contributed by atoms with Crippen LogP contribution in [-0.4, -0.2) is 48.5 Å². The van der Waals surface area contributed by atoms with Crippen molar-refractivity contribution in [2.75, 3.05) is 27.4 Å². The van der Waals surface area contributed by atoms with Crippen molar-refractivity contribution in [1.82, 2.24) is 4.90 Å². The van der Waals surface area contributed by atoms with Crippen LogP contribution in [0.15, 0.2) is 23.1 Å². The molecule has 128 valence electrons. The van der Waals surface area contributed by atoms with Gasteiger partial charge in [-0.3, -0.25) is 9.69 Å². The summed E-state index contributed by atoms with van der Waals surface area (Å²) in [6.45, 7) is 1.75. The molecule has 0 bridgehead atoms. The second-order valence-electron chi connectivity index (χ2n) is 4.71. The van der Waals surface area contributed by atoms with Gasteiger partial charge < -0.3 is 14.2 Å². The molecule has 1 amide bonds. The molecule has 1 aliphatic heterocycles. The van der Waals surface area contributed by atoms with Gasteiger partial charge >= 0.3 is 5.97 Å². The lowest BCUT2D eigenvalue weighted by Crippen LogP contribution is -2.22.